The fraction of sp³-hybridized carbons (Fsp3) is 0.800. The average molecular weight is 187 g/mol. The Kier molecular flexibility index (Phi) is 14.1. The standard InChI is InChI=1S/C5H10O.Ru/c1-2-3-4-5-6;/h5H,2-4H2,1H3;. The molecule has 44 valence electrons. The summed E-state index contributed by atoms with van der Waals surface area (Å²) in [5.41, 5.74) is 0. The van der Waals surface area contributed by atoms with E-state index < -0.39 is 0 Å². The molecule has 1 nitrogen and oxygen atoms in total. The second-order valence-electron chi connectivity index (χ2n) is 1.31. The number of rotatable bonds is 3. The van der Waals surface area contributed by atoms with Crippen LogP contribution in [0.3, 0.4) is 0 Å². The number of hydrogen-bond acceptors (Lipinski definition) is 1. The Morgan fingerprint density at radius 1 is 1.57 bits per heavy atom. The third-order valence-corrected chi connectivity index (χ3v) is 0.676. The fourth-order valence-electron chi connectivity index (χ4n) is 0.287. The topological polar surface area (TPSA) is 17.1 Å². The van der Waals surface area contributed by atoms with Gasteiger partial charge >= 0.3 is 0 Å². The second kappa shape index (κ2) is 9.57. The zero-order chi connectivity index (χ0) is 4.83. The van der Waals surface area contributed by atoms with Crippen molar-refractivity contribution in [1.29, 1.82) is 0 Å². The fourth-order valence-corrected chi connectivity index (χ4v) is 0.287. The molecule has 0 saturated heterocycles. The van der Waals surface area contributed by atoms with E-state index in [1.165, 1.54) is 0 Å². The number of hydrogen-bond donors (Lipinski definition) is 0. The molecule has 0 heterocycles. The van der Waals surface area contributed by atoms with Gasteiger partial charge in [-0.2, -0.15) is 0 Å². The number of unbranched alkanes of at least 4 members (excludes halogenated alkanes) is 2. The van der Waals surface area contributed by atoms with Gasteiger partial charge in [0.15, 0.2) is 0 Å². The van der Waals surface area contributed by atoms with Crippen molar-refractivity contribution in [1.82, 2.24) is 0 Å². The van der Waals surface area contributed by atoms with Crippen molar-refractivity contribution in [3.05, 3.63) is 0 Å². The van der Waals surface area contributed by atoms with Crippen LogP contribution >= 0.6 is 0 Å². The van der Waals surface area contributed by atoms with Crippen molar-refractivity contribution in [3.63, 3.8) is 0 Å². The Hall–Kier alpha value is 0.293. The summed E-state index contributed by atoms with van der Waals surface area (Å²) in [6, 6.07) is 0. The van der Waals surface area contributed by atoms with Crippen LogP contribution in [0.1, 0.15) is 26.2 Å². The molecule has 0 N–H and O–H groups in total. The zero-order valence-electron chi connectivity index (χ0n) is 4.46. The minimum atomic E-state index is 0. The van der Waals surface area contributed by atoms with Crippen LogP contribution < -0.4 is 0 Å². The van der Waals surface area contributed by atoms with Crippen LogP contribution in [0.15, 0.2) is 0 Å². The van der Waals surface area contributed by atoms with Crippen LogP contribution in [-0.4, -0.2) is 6.29 Å². The summed E-state index contributed by atoms with van der Waals surface area (Å²) in [4.78, 5) is 9.56. The van der Waals surface area contributed by atoms with Gasteiger partial charge in [-0.05, 0) is 6.42 Å². The molecular weight excluding hydrogens is 177 g/mol. The minimum Gasteiger partial charge on any atom is -0.303 e. The molecule has 0 aliphatic rings. The Morgan fingerprint density at radius 3 is 2.29 bits per heavy atom. The molecule has 7 heavy (non-hydrogen) atoms. The summed E-state index contributed by atoms with van der Waals surface area (Å²) in [7, 11) is 0. The van der Waals surface area contributed by atoms with Gasteiger partial charge in [-0.25, -0.2) is 0 Å². The van der Waals surface area contributed by atoms with Gasteiger partial charge in [0, 0.05) is 25.9 Å². The molecule has 0 aliphatic carbocycles. The van der Waals surface area contributed by atoms with Crippen LogP contribution in [0.25, 0.3) is 0 Å². The van der Waals surface area contributed by atoms with E-state index in [-0.39, 0.29) is 19.5 Å². The first-order valence-corrected chi connectivity index (χ1v) is 2.35. The molecule has 0 aliphatic heterocycles. The van der Waals surface area contributed by atoms with Crippen LogP contribution in [0.4, 0.5) is 0 Å². The van der Waals surface area contributed by atoms with Gasteiger partial charge in [-0.1, -0.05) is 13.3 Å². The molecule has 2 heteroatoms. The van der Waals surface area contributed by atoms with Crippen LogP contribution in [-0.2, 0) is 24.3 Å². The van der Waals surface area contributed by atoms with E-state index in [0.29, 0.717) is 0 Å². The van der Waals surface area contributed by atoms with Crippen molar-refractivity contribution in [2.45, 2.75) is 26.2 Å². The molecule has 0 aromatic heterocycles. The molecule has 0 saturated carbocycles. The first-order chi connectivity index (χ1) is 2.91. The molecule has 0 atom stereocenters. The van der Waals surface area contributed by atoms with Crippen LogP contribution in [0.2, 0.25) is 0 Å². The molecule has 0 bridgehead atoms. The molecule has 0 rings (SSSR count). The number of carbonyl (C=O) groups excluding carboxylic acids is 1. The summed E-state index contributed by atoms with van der Waals surface area (Å²) in [5, 5.41) is 0. The number of aldehydes is 1. The summed E-state index contributed by atoms with van der Waals surface area (Å²) >= 11 is 0. The second-order valence-corrected chi connectivity index (χ2v) is 1.31. The summed E-state index contributed by atoms with van der Waals surface area (Å²) in [6.45, 7) is 2.07. The van der Waals surface area contributed by atoms with Gasteiger partial charge in [0.25, 0.3) is 0 Å². The van der Waals surface area contributed by atoms with Gasteiger partial charge in [0.2, 0.25) is 0 Å². The van der Waals surface area contributed by atoms with Gasteiger partial charge in [-0.3, -0.25) is 0 Å². The van der Waals surface area contributed by atoms with Gasteiger partial charge in [0.1, 0.15) is 6.29 Å². The smallest absolute Gasteiger partial charge is 0.119 e. The minimum absolute atomic E-state index is 0. The summed E-state index contributed by atoms with van der Waals surface area (Å²) < 4.78 is 0. The molecule has 0 unspecified atom stereocenters. The van der Waals surface area contributed by atoms with E-state index in [2.05, 4.69) is 6.92 Å². The quantitative estimate of drug-likeness (QED) is 0.370. The molecule has 0 spiro atoms. The maximum Gasteiger partial charge on any atom is 0.119 e. The molecule has 0 aromatic carbocycles. The van der Waals surface area contributed by atoms with Gasteiger partial charge < -0.3 is 4.79 Å². The number of carbonyl (C=O) groups is 1. The first kappa shape index (κ1) is 10.3. The van der Waals surface area contributed by atoms with E-state index in [4.69, 9.17) is 0 Å². The molecular formula is C5H10ORu. The molecule has 0 aromatic rings. The SMILES string of the molecule is CCCCC=O.[Ru]. The Labute approximate surface area is 57.2 Å². The first-order valence-electron chi connectivity index (χ1n) is 2.35. The molecule has 0 radical (unpaired) electrons. The van der Waals surface area contributed by atoms with Crippen molar-refractivity contribution in [2.75, 3.05) is 0 Å². The van der Waals surface area contributed by atoms with Crippen molar-refractivity contribution < 1.29 is 24.3 Å². The van der Waals surface area contributed by atoms with Crippen LogP contribution in [0.5, 0.6) is 0 Å². The summed E-state index contributed by atoms with van der Waals surface area (Å²) in [5.74, 6) is 0. The molecule has 0 amide bonds. The average Bonchev–Trinajstić information content (AvgIpc) is 1.61. The van der Waals surface area contributed by atoms with E-state index in [0.717, 1.165) is 25.5 Å². The van der Waals surface area contributed by atoms with Crippen molar-refractivity contribution in [3.8, 4) is 0 Å². The summed E-state index contributed by atoms with van der Waals surface area (Å²) in [6.07, 6.45) is 3.86. The largest absolute Gasteiger partial charge is 0.303 e. The van der Waals surface area contributed by atoms with Crippen LogP contribution in [0, 0.1) is 0 Å². The Bertz CT molecular complexity index is 37.1. The Morgan fingerprint density at radius 2 is 2.14 bits per heavy atom. The third kappa shape index (κ3) is 10.7. The predicted molar refractivity (Wildman–Crippen MR) is 25.6 cm³/mol. The normalized spacial score (nSPS) is 7.00. The monoisotopic (exact) mass is 188 g/mol. The van der Waals surface area contributed by atoms with Gasteiger partial charge in [-0.15, -0.1) is 0 Å². The van der Waals surface area contributed by atoms with Crippen molar-refractivity contribution in [2.24, 2.45) is 0 Å². The van der Waals surface area contributed by atoms with E-state index >= 15 is 0 Å². The van der Waals surface area contributed by atoms with Gasteiger partial charge in [0.05, 0.1) is 0 Å². The van der Waals surface area contributed by atoms with E-state index in [9.17, 15) is 4.79 Å². The Balaban J connectivity index is 0. The van der Waals surface area contributed by atoms with E-state index in [1.807, 2.05) is 0 Å². The third-order valence-electron chi connectivity index (χ3n) is 0.676. The maximum atomic E-state index is 9.56. The molecule has 0 fully saturated rings. The van der Waals surface area contributed by atoms with E-state index in [1.54, 1.807) is 0 Å². The maximum absolute atomic E-state index is 9.56. The predicted octanol–water partition coefficient (Wildman–Crippen LogP) is 1.37. The zero-order valence-corrected chi connectivity index (χ0v) is 6.20. The van der Waals surface area contributed by atoms with Crippen molar-refractivity contribution >= 4 is 6.29 Å².